The molecule has 0 aliphatic carbocycles. The molecule has 140 valence electrons. The first kappa shape index (κ1) is 20.5. The quantitative estimate of drug-likeness (QED) is 0.502. The Kier molecular flexibility index (Phi) is 7.72. The Morgan fingerprint density at radius 1 is 1.27 bits per heavy atom. The van der Waals surface area contributed by atoms with Crippen molar-refractivity contribution in [3.05, 3.63) is 46.2 Å². The molecular weight excluding hydrogens is 370 g/mol. The standard InChI is InChI=1S/C19H24ClN3O2S/c1-13-17(14(2)22-19(21-13)26-4)8-9-18(24)23(3)10-11-25-16-7-5-6-15(20)12-16/h5-7,12H,8-11H2,1-4H3. The van der Waals surface area contributed by atoms with Crippen LogP contribution in [-0.4, -0.2) is 47.2 Å². The highest BCUT2D eigenvalue weighted by molar-refractivity contribution is 7.98. The normalized spacial score (nSPS) is 10.7. The van der Waals surface area contributed by atoms with Crippen LogP contribution in [-0.2, 0) is 11.2 Å². The number of likely N-dealkylation sites (N-methyl/N-ethyl adjacent to an activating group) is 1. The van der Waals surface area contributed by atoms with Crippen LogP contribution in [0.4, 0.5) is 0 Å². The number of carbonyl (C=O) groups is 1. The highest BCUT2D eigenvalue weighted by Gasteiger charge is 2.13. The molecule has 2 aromatic rings. The monoisotopic (exact) mass is 393 g/mol. The molecule has 0 atom stereocenters. The van der Waals surface area contributed by atoms with E-state index in [1.807, 2.05) is 32.2 Å². The van der Waals surface area contributed by atoms with E-state index in [0.29, 0.717) is 36.8 Å². The number of aromatic nitrogens is 2. The minimum absolute atomic E-state index is 0.0763. The number of aryl methyl sites for hydroxylation is 2. The fraction of sp³-hybridized carbons (Fsp3) is 0.421. The zero-order chi connectivity index (χ0) is 19.1. The van der Waals surface area contributed by atoms with Crippen molar-refractivity contribution in [1.82, 2.24) is 14.9 Å². The molecule has 5 nitrogen and oxygen atoms in total. The van der Waals surface area contributed by atoms with Gasteiger partial charge in [0.25, 0.3) is 0 Å². The van der Waals surface area contributed by atoms with Crippen LogP contribution in [0, 0.1) is 13.8 Å². The second-order valence-electron chi connectivity index (χ2n) is 5.98. The van der Waals surface area contributed by atoms with Crippen LogP contribution >= 0.6 is 23.4 Å². The highest BCUT2D eigenvalue weighted by Crippen LogP contribution is 2.18. The molecule has 0 aliphatic heterocycles. The van der Waals surface area contributed by atoms with Crippen LogP contribution < -0.4 is 4.74 Å². The number of thioether (sulfide) groups is 1. The Labute approximate surface area is 164 Å². The second-order valence-corrected chi connectivity index (χ2v) is 7.19. The third-order valence-corrected chi connectivity index (χ3v) is 4.87. The molecule has 0 saturated heterocycles. The summed E-state index contributed by atoms with van der Waals surface area (Å²) in [6.45, 7) is 4.88. The fourth-order valence-electron chi connectivity index (χ4n) is 2.57. The molecule has 1 aromatic carbocycles. The first-order valence-corrected chi connectivity index (χ1v) is 10.0. The number of hydrogen-bond acceptors (Lipinski definition) is 5. The van der Waals surface area contributed by atoms with Gasteiger partial charge < -0.3 is 9.64 Å². The molecule has 0 aliphatic rings. The van der Waals surface area contributed by atoms with E-state index in [4.69, 9.17) is 16.3 Å². The number of amides is 1. The maximum absolute atomic E-state index is 12.4. The van der Waals surface area contributed by atoms with Gasteiger partial charge in [-0.2, -0.15) is 0 Å². The lowest BCUT2D eigenvalue weighted by Gasteiger charge is -2.18. The smallest absolute Gasteiger partial charge is 0.222 e. The van der Waals surface area contributed by atoms with Crippen LogP contribution in [0.2, 0.25) is 5.02 Å². The van der Waals surface area contributed by atoms with Crippen molar-refractivity contribution in [3.8, 4) is 5.75 Å². The summed E-state index contributed by atoms with van der Waals surface area (Å²) in [5.41, 5.74) is 2.95. The van der Waals surface area contributed by atoms with Crippen molar-refractivity contribution >= 4 is 29.3 Å². The molecule has 26 heavy (non-hydrogen) atoms. The van der Waals surface area contributed by atoms with Crippen LogP contribution in [0.25, 0.3) is 0 Å². The zero-order valence-corrected chi connectivity index (χ0v) is 17.2. The predicted molar refractivity (Wildman–Crippen MR) is 106 cm³/mol. The van der Waals surface area contributed by atoms with Crippen LogP contribution in [0.15, 0.2) is 29.4 Å². The number of carbonyl (C=O) groups excluding carboxylic acids is 1. The third kappa shape index (κ3) is 5.88. The Bertz CT molecular complexity index is 747. The third-order valence-electron chi connectivity index (χ3n) is 4.09. The average Bonchev–Trinajstić information content (AvgIpc) is 2.60. The van der Waals surface area contributed by atoms with Crippen molar-refractivity contribution < 1.29 is 9.53 Å². The van der Waals surface area contributed by atoms with Gasteiger partial charge in [-0.05, 0) is 50.3 Å². The first-order valence-electron chi connectivity index (χ1n) is 8.41. The molecule has 7 heteroatoms. The van der Waals surface area contributed by atoms with Crippen molar-refractivity contribution in [3.63, 3.8) is 0 Å². The van der Waals surface area contributed by atoms with E-state index in [-0.39, 0.29) is 5.91 Å². The van der Waals surface area contributed by atoms with Gasteiger partial charge in [-0.1, -0.05) is 29.4 Å². The molecule has 0 saturated carbocycles. The minimum Gasteiger partial charge on any atom is -0.492 e. The molecular formula is C19H24ClN3O2S. The SMILES string of the molecule is CSc1nc(C)c(CCC(=O)N(C)CCOc2cccc(Cl)c2)c(C)n1. The van der Waals surface area contributed by atoms with Crippen molar-refractivity contribution in [1.29, 1.82) is 0 Å². The predicted octanol–water partition coefficient (Wildman–Crippen LogP) is 3.94. The van der Waals surface area contributed by atoms with E-state index in [0.717, 1.165) is 22.1 Å². The lowest BCUT2D eigenvalue weighted by molar-refractivity contribution is -0.130. The van der Waals surface area contributed by atoms with Crippen LogP contribution in [0.5, 0.6) is 5.75 Å². The van der Waals surface area contributed by atoms with E-state index < -0.39 is 0 Å². The lowest BCUT2D eigenvalue weighted by atomic mass is 10.1. The van der Waals surface area contributed by atoms with Crippen molar-refractivity contribution in [2.75, 3.05) is 26.5 Å². The van der Waals surface area contributed by atoms with Crippen LogP contribution in [0.1, 0.15) is 23.4 Å². The van der Waals surface area contributed by atoms with E-state index in [1.54, 1.807) is 24.1 Å². The lowest BCUT2D eigenvalue weighted by Crippen LogP contribution is -2.31. The molecule has 0 N–H and O–H groups in total. The number of nitrogens with zero attached hydrogens (tertiary/aromatic N) is 3. The van der Waals surface area contributed by atoms with Gasteiger partial charge in [0.15, 0.2) is 5.16 Å². The van der Waals surface area contributed by atoms with Gasteiger partial charge in [-0.15, -0.1) is 0 Å². The molecule has 1 amide bonds. The van der Waals surface area contributed by atoms with Gasteiger partial charge in [-0.3, -0.25) is 4.79 Å². The van der Waals surface area contributed by atoms with E-state index in [9.17, 15) is 4.79 Å². The zero-order valence-electron chi connectivity index (χ0n) is 15.6. The van der Waals surface area contributed by atoms with Gasteiger partial charge in [0, 0.05) is 29.9 Å². The highest BCUT2D eigenvalue weighted by atomic mass is 35.5. The number of hydrogen-bond donors (Lipinski definition) is 0. The summed E-state index contributed by atoms with van der Waals surface area (Å²) in [7, 11) is 1.79. The van der Waals surface area contributed by atoms with E-state index >= 15 is 0 Å². The summed E-state index contributed by atoms with van der Waals surface area (Å²) < 4.78 is 5.63. The second kappa shape index (κ2) is 9.78. The number of rotatable bonds is 8. The van der Waals surface area contributed by atoms with Crippen molar-refractivity contribution in [2.45, 2.75) is 31.8 Å². The fourth-order valence-corrected chi connectivity index (χ4v) is 3.20. The largest absolute Gasteiger partial charge is 0.492 e. The van der Waals surface area contributed by atoms with Gasteiger partial charge >= 0.3 is 0 Å². The van der Waals surface area contributed by atoms with Gasteiger partial charge in [0.05, 0.1) is 6.54 Å². The molecule has 1 heterocycles. The molecule has 2 rings (SSSR count). The maximum Gasteiger partial charge on any atom is 0.222 e. The summed E-state index contributed by atoms with van der Waals surface area (Å²) >= 11 is 7.45. The molecule has 0 bridgehead atoms. The molecule has 0 radical (unpaired) electrons. The summed E-state index contributed by atoms with van der Waals surface area (Å²) in [6, 6.07) is 7.23. The molecule has 0 spiro atoms. The maximum atomic E-state index is 12.4. The Morgan fingerprint density at radius 3 is 2.58 bits per heavy atom. The minimum atomic E-state index is 0.0763. The number of halogens is 1. The van der Waals surface area contributed by atoms with E-state index in [2.05, 4.69) is 9.97 Å². The number of ether oxygens (including phenoxy) is 1. The number of benzene rings is 1. The summed E-state index contributed by atoms with van der Waals surface area (Å²) in [5.74, 6) is 0.781. The Hall–Kier alpha value is -1.79. The summed E-state index contributed by atoms with van der Waals surface area (Å²) in [6.07, 6.45) is 3.03. The molecule has 1 aromatic heterocycles. The molecule has 0 unspecified atom stereocenters. The van der Waals surface area contributed by atoms with Crippen molar-refractivity contribution in [2.24, 2.45) is 0 Å². The Balaban J connectivity index is 1.82. The summed E-state index contributed by atoms with van der Waals surface area (Å²) in [5, 5.41) is 1.40. The first-order chi connectivity index (χ1) is 12.4. The van der Waals surface area contributed by atoms with Gasteiger partial charge in [-0.25, -0.2) is 9.97 Å². The Morgan fingerprint density at radius 2 is 1.96 bits per heavy atom. The average molecular weight is 394 g/mol. The van der Waals surface area contributed by atoms with E-state index in [1.165, 1.54) is 11.8 Å². The summed E-state index contributed by atoms with van der Waals surface area (Å²) in [4.78, 5) is 23.0. The molecule has 0 fully saturated rings. The topological polar surface area (TPSA) is 55.3 Å². The van der Waals surface area contributed by atoms with Crippen LogP contribution in [0.3, 0.4) is 0 Å². The van der Waals surface area contributed by atoms with Gasteiger partial charge in [0.2, 0.25) is 5.91 Å². The van der Waals surface area contributed by atoms with Gasteiger partial charge in [0.1, 0.15) is 12.4 Å².